The lowest BCUT2D eigenvalue weighted by atomic mass is 10.1. The largest absolute Gasteiger partial charge is 0.494 e. The monoisotopic (exact) mass is 422 g/mol. The zero-order valence-corrected chi connectivity index (χ0v) is 16.8. The fourth-order valence-corrected chi connectivity index (χ4v) is 4.33. The van der Waals surface area contributed by atoms with Crippen LogP contribution in [0, 0.1) is 11.8 Å². The van der Waals surface area contributed by atoms with Crippen LogP contribution in [0.15, 0.2) is 52.4 Å². The summed E-state index contributed by atoms with van der Waals surface area (Å²) in [6.07, 6.45) is 1.47. The zero-order chi connectivity index (χ0) is 21.3. The van der Waals surface area contributed by atoms with Crippen LogP contribution < -0.4 is 5.32 Å². The second-order valence-corrected chi connectivity index (χ2v) is 8.76. The molecule has 0 unspecified atom stereocenters. The molecule has 2 bridgehead atoms. The van der Waals surface area contributed by atoms with Gasteiger partial charge in [0.15, 0.2) is 5.88 Å². The van der Waals surface area contributed by atoms with Crippen molar-refractivity contribution in [3.63, 3.8) is 0 Å². The normalized spacial score (nSPS) is 16.6. The molecule has 3 N–H and O–H groups in total. The minimum absolute atomic E-state index is 0.0168. The molecule has 1 aromatic heterocycles. The summed E-state index contributed by atoms with van der Waals surface area (Å²) in [5.41, 5.74) is 2.18. The fourth-order valence-electron chi connectivity index (χ4n) is 3.16. The third-order valence-corrected chi connectivity index (χ3v) is 6.47. The van der Waals surface area contributed by atoms with Crippen molar-refractivity contribution in [3.05, 3.63) is 53.6 Å². The van der Waals surface area contributed by atoms with Crippen LogP contribution in [0.4, 0.5) is 5.69 Å². The molecular weight excluding hydrogens is 404 g/mol. The van der Waals surface area contributed by atoms with Crippen molar-refractivity contribution in [3.8, 4) is 17.7 Å². The number of likely N-dealkylation sites (N-methyl/N-ethyl adjacent to an activating group) is 1. The number of aliphatic imine (C=N–C) groups is 1. The number of aromatic nitrogens is 1. The number of rotatable bonds is 0. The van der Waals surface area contributed by atoms with Crippen molar-refractivity contribution in [2.24, 2.45) is 4.99 Å². The van der Waals surface area contributed by atoms with E-state index in [1.807, 2.05) is 12.1 Å². The molecule has 9 heteroatoms. The minimum Gasteiger partial charge on any atom is -0.494 e. The number of hydrogen-bond acceptors (Lipinski definition) is 5. The van der Waals surface area contributed by atoms with E-state index in [0.717, 1.165) is 4.31 Å². The van der Waals surface area contributed by atoms with Crippen LogP contribution in [0.1, 0.15) is 11.1 Å². The quantitative estimate of drug-likeness (QED) is 0.479. The maximum absolute atomic E-state index is 12.8. The van der Waals surface area contributed by atoms with Gasteiger partial charge in [-0.25, -0.2) is 8.42 Å². The molecule has 8 nitrogen and oxygen atoms in total. The number of sulfonamides is 1. The highest BCUT2D eigenvalue weighted by Gasteiger charge is 2.23. The topological polar surface area (TPSA) is 115 Å². The average Bonchev–Trinajstić information content (AvgIpc) is 3.05. The van der Waals surface area contributed by atoms with Crippen LogP contribution in [0.25, 0.3) is 10.9 Å². The maximum Gasteiger partial charge on any atom is 0.243 e. The van der Waals surface area contributed by atoms with Crippen molar-refractivity contribution in [1.82, 2.24) is 14.6 Å². The highest BCUT2D eigenvalue weighted by atomic mass is 32.2. The predicted molar refractivity (Wildman–Crippen MR) is 113 cm³/mol. The molecule has 2 aromatic carbocycles. The van der Waals surface area contributed by atoms with E-state index in [-0.39, 0.29) is 23.9 Å². The van der Waals surface area contributed by atoms with Gasteiger partial charge in [-0.15, -0.1) is 0 Å². The van der Waals surface area contributed by atoms with Gasteiger partial charge < -0.3 is 15.4 Å². The molecular formula is C21H18N4O4S. The second kappa shape index (κ2) is 7.67. The summed E-state index contributed by atoms with van der Waals surface area (Å²) >= 11 is 0. The molecule has 0 radical (unpaired) electrons. The van der Waals surface area contributed by atoms with Crippen molar-refractivity contribution in [2.75, 3.05) is 20.1 Å². The standard InChI is InChI=1S/C21H18N4O4S/c1-25-13-19(26)22-10-4-6-14-5-2-9-18-20(14)17(21(27)24-18)12-23-15-7-3-8-16(11-15)30(25,28)29/h2-3,5,7-9,11-12,24,27H,10,13H2,1H3,(H,22,26). The van der Waals surface area contributed by atoms with Crippen LogP contribution in [0.3, 0.4) is 0 Å². The number of nitrogens with one attached hydrogen (secondary N) is 2. The summed E-state index contributed by atoms with van der Waals surface area (Å²) in [7, 11) is -2.54. The van der Waals surface area contributed by atoms with Gasteiger partial charge in [0.1, 0.15) is 0 Å². The Morgan fingerprint density at radius 2 is 2.00 bits per heavy atom. The molecule has 3 aromatic rings. The predicted octanol–water partition coefficient (Wildman–Crippen LogP) is 1.73. The van der Waals surface area contributed by atoms with Crippen LogP contribution in [-0.4, -0.2) is 55.1 Å². The van der Waals surface area contributed by atoms with Gasteiger partial charge in [0, 0.05) is 24.2 Å². The van der Waals surface area contributed by atoms with E-state index in [4.69, 9.17) is 0 Å². The molecule has 1 aliphatic heterocycles. The third kappa shape index (κ3) is 3.66. The van der Waals surface area contributed by atoms with Gasteiger partial charge in [0.25, 0.3) is 0 Å². The fraction of sp³-hybridized carbons (Fsp3) is 0.143. The average molecular weight is 422 g/mol. The Morgan fingerprint density at radius 1 is 1.20 bits per heavy atom. The first-order valence-electron chi connectivity index (χ1n) is 9.06. The number of fused-ring (bicyclic) bond motifs is 2. The molecule has 1 amide bonds. The summed E-state index contributed by atoms with van der Waals surface area (Å²) in [6.45, 7) is -0.276. The van der Waals surface area contributed by atoms with Crippen LogP contribution in [-0.2, 0) is 14.8 Å². The Morgan fingerprint density at radius 3 is 2.83 bits per heavy atom. The Hall–Kier alpha value is -3.61. The van der Waals surface area contributed by atoms with Gasteiger partial charge in [-0.2, -0.15) is 4.31 Å². The molecule has 0 spiro atoms. The molecule has 30 heavy (non-hydrogen) atoms. The van der Waals surface area contributed by atoms with Gasteiger partial charge in [-0.1, -0.05) is 24.0 Å². The Kier molecular flexibility index (Phi) is 5.03. The number of aromatic amines is 1. The number of aromatic hydroxyl groups is 1. The Balaban J connectivity index is 1.90. The molecule has 1 aliphatic rings. The molecule has 0 atom stereocenters. The molecule has 0 fully saturated rings. The zero-order valence-electron chi connectivity index (χ0n) is 16.0. The molecule has 0 saturated carbocycles. The van der Waals surface area contributed by atoms with Crippen molar-refractivity contribution in [2.45, 2.75) is 4.90 Å². The number of H-pyrrole nitrogens is 1. The summed E-state index contributed by atoms with van der Waals surface area (Å²) < 4.78 is 26.5. The summed E-state index contributed by atoms with van der Waals surface area (Å²) in [5.74, 6) is 5.31. The van der Waals surface area contributed by atoms with Crippen molar-refractivity contribution in [1.29, 1.82) is 0 Å². The number of carbonyl (C=O) groups is 1. The van der Waals surface area contributed by atoms with Gasteiger partial charge in [0.2, 0.25) is 15.9 Å². The smallest absolute Gasteiger partial charge is 0.243 e. The van der Waals surface area contributed by atoms with E-state index in [0.29, 0.717) is 27.7 Å². The Bertz CT molecular complexity index is 1350. The van der Waals surface area contributed by atoms with E-state index < -0.39 is 15.9 Å². The van der Waals surface area contributed by atoms with E-state index in [1.165, 1.54) is 25.4 Å². The Labute approximate surface area is 173 Å². The van der Waals surface area contributed by atoms with Gasteiger partial charge in [0.05, 0.1) is 34.8 Å². The highest BCUT2D eigenvalue weighted by Crippen LogP contribution is 2.29. The first-order valence-corrected chi connectivity index (χ1v) is 10.5. The summed E-state index contributed by atoms with van der Waals surface area (Å²) in [4.78, 5) is 19.4. The first-order chi connectivity index (χ1) is 14.4. The molecule has 152 valence electrons. The van der Waals surface area contributed by atoms with Gasteiger partial charge in [-0.3, -0.25) is 9.79 Å². The van der Waals surface area contributed by atoms with Crippen LogP contribution in [0.5, 0.6) is 5.88 Å². The highest BCUT2D eigenvalue weighted by molar-refractivity contribution is 7.89. The van der Waals surface area contributed by atoms with Crippen LogP contribution in [0.2, 0.25) is 0 Å². The molecule has 0 aliphatic carbocycles. The number of nitrogens with zero attached hydrogens (tertiary/aromatic N) is 2. The lowest BCUT2D eigenvalue weighted by Gasteiger charge is -2.16. The second-order valence-electron chi connectivity index (χ2n) is 6.71. The molecule has 4 rings (SSSR count). The lowest BCUT2D eigenvalue weighted by molar-refractivity contribution is -0.120. The van der Waals surface area contributed by atoms with Gasteiger partial charge in [-0.05, 0) is 30.3 Å². The number of carbonyl (C=O) groups excluding carboxylic acids is 1. The summed E-state index contributed by atoms with van der Waals surface area (Å²) in [6, 6.07) is 11.5. The van der Waals surface area contributed by atoms with Crippen LogP contribution >= 0.6 is 0 Å². The van der Waals surface area contributed by atoms with E-state index >= 15 is 0 Å². The SMILES string of the molecule is CN1CC(=O)NCC#Cc2cccc3[nH]c(O)c(c23)C=Nc2cccc(c2)S1(=O)=O. The minimum atomic E-state index is -3.88. The number of amides is 1. The molecule has 2 heterocycles. The number of hydrogen-bond donors (Lipinski definition) is 3. The van der Waals surface area contributed by atoms with Crippen molar-refractivity contribution < 1.29 is 18.3 Å². The maximum atomic E-state index is 12.8. The van der Waals surface area contributed by atoms with E-state index in [2.05, 4.69) is 27.1 Å². The molecule has 0 saturated heterocycles. The van der Waals surface area contributed by atoms with Gasteiger partial charge >= 0.3 is 0 Å². The van der Waals surface area contributed by atoms with E-state index in [9.17, 15) is 18.3 Å². The lowest BCUT2D eigenvalue weighted by Crippen LogP contribution is -2.38. The van der Waals surface area contributed by atoms with Crippen molar-refractivity contribution >= 4 is 38.7 Å². The van der Waals surface area contributed by atoms with E-state index in [1.54, 1.807) is 18.2 Å². The third-order valence-electron chi connectivity index (χ3n) is 4.67. The first kappa shape index (κ1) is 19.7. The summed E-state index contributed by atoms with van der Waals surface area (Å²) in [5, 5.41) is 13.6. The number of benzene rings is 2.